The first kappa shape index (κ1) is 27.6. The number of carbonyl (C=O) groups excluding carboxylic acids is 2. The van der Waals surface area contributed by atoms with E-state index in [-0.39, 0.29) is 18.2 Å². The molecule has 1 aliphatic rings. The third-order valence-electron chi connectivity index (χ3n) is 7.20. The van der Waals surface area contributed by atoms with E-state index in [1.807, 2.05) is 67.1 Å². The minimum absolute atomic E-state index is 0.0212. The lowest BCUT2D eigenvalue weighted by molar-refractivity contribution is -0.120. The number of Topliss-reactive ketones (excluding diaryl/α,β-unsaturated/α-hetero) is 1. The zero-order valence-electron chi connectivity index (χ0n) is 23.2. The topological polar surface area (TPSA) is 79.3 Å². The molecule has 38 heavy (non-hydrogen) atoms. The van der Waals surface area contributed by atoms with Gasteiger partial charge in [0.15, 0.2) is 5.78 Å². The summed E-state index contributed by atoms with van der Waals surface area (Å²) in [5, 5.41) is 11.1. The summed E-state index contributed by atoms with van der Waals surface area (Å²) < 4.78 is 1.97. The third kappa shape index (κ3) is 7.54. The number of likely N-dealkylation sites (tertiary alicyclic amines) is 1. The van der Waals surface area contributed by atoms with Gasteiger partial charge >= 0.3 is 0 Å². The molecule has 1 amide bonds. The highest BCUT2D eigenvalue weighted by atomic mass is 16.2. The molecule has 0 saturated carbocycles. The Kier molecular flexibility index (Phi) is 9.34. The van der Waals surface area contributed by atoms with Crippen molar-refractivity contribution in [1.29, 1.82) is 0 Å². The van der Waals surface area contributed by atoms with Crippen LogP contribution in [0.15, 0.2) is 54.6 Å². The molecule has 4 rings (SSSR count). The Balaban J connectivity index is 1.22. The summed E-state index contributed by atoms with van der Waals surface area (Å²) in [6.07, 6.45) is 3.35. The highest BCUT2D eigenvalue weighted by Crippen LogP contribution is 2.23. The average molecular weight is 516 g/mol. The lowest BCUT2D eigenvalue weighted by atomic mass is 9.91. The number of nitrogens with zero attached hydrogens (tertiary/aromatic N) is 3. The number of piperidine rings is 1. The summed E-state index contributed by atoms with van der Waals surface area (Å²) in [4.78, 5) is 27.6. The zero-order valence-corrected chi connectivity index (χ0v) is 23.2. The maximum atomic E-state index is 12.8. The number of aromatic nitrogens is 2. The summed E-state index contributed by atoms with van der Waals surface area (Å²) in [6.45, 7) is 10.8. The van der Waals surface area contributed by atoms with Crippen molar-refractivity contribution in [2.45, 2.75) is 53.4 Å². The number of aryl methyl sites for hydroxylation is 2. The van der Waals surface area contributed by atoms with Gasteiger partial charge in [0.2, 0.25) is 5.91 Å². The fourth-order valence-corrected chi connectivity index (χ4v) is 5.19. The molecule has 0 spiro atoms. The Morgan fingerprint density at radius 3 is 2.34 bits per heavy atom. The number of rotatable bonds is 11. The van der Waals surface area contributed by atoms with E-state index in [0.29, 0.717) is 24.8 Å². The molecule has 1 fully saturated rings. The Labute approximate surface area is 226 Å². The summed E-state index contributed by atoms with van der Waals surface area (Å²) in [5.41, 5.74) is 5.22. The molecule has 1 saturated heterocycles. The largest absolute Gasteiger partial charge is 0.362 e. The maximum Gasteiger partial charge on any atom is 0.238 e. The van der Waals surface area contributed by atoms with Gasteiger partial charge in [0, 0.05) is 23.9 Å². The number of hydrogen-bond acceptors (Lipinski definition) is 5. The third-order valence-corrected chi connectivity index (χ3v) is 7.20. The van der Waals surface area contributed by atoms with Gasteiger partial charge in [-0.25, -0.2) is 4.68 Å². The fraction of sp³-hybridized carbons (Fsp3) is 0.452. The molecular formula is C31H41N5O2. The standard InChI is InChI=1S/C31H41N5O2/c1-22(2)17-27-19-29(34-36(27)26-11-6-5-7-12-26)32-20-28(37)18-25-13-15-35(16-14-25)21-30(38)33-31-23(3)9-8-10-24(31)4/h5-12,19,22,25H,13-18,20-21H2,1-4H3,(H,32,34)(H,33,38). The van der Waals surface area contributed by atoms with Gasteiger partial charge in [0.25, 0.3) is 0 Å². The Morgan fingerprint density at radius 1 is 1.00 bits per heavy atom. The minimum Gasteiger partial charge on any atom is -0.362 e. The van der Waals surface area contributed by atoms with E-state index in [1.165, 1.54) is 0 Å². The molecule has 7 nitrogen and oxygen atoms in total. The van der Waals surface area contributed by atoms with Gasteiger partial charge in [0.1, 0.15) is 5.82 Å². The molecule has 2 heterocycles. The molecule has 1 aromatic heterocycles. The van der Waals surface area contributed by atoms with E-state index < -0.39 is 0 Å². The van der Waals surface area contributed by atoms with Crippen molar-refractivity contribution in [3.05, 3.63) is 71.4 Å². The van der Waals surface area contributed by atoms with Crippen LogP contribution >= 0.6 is 0 Å². The van der Waals surface area contributed by atoms with Crippen LogP contribution in [0.4, 0.5) is 11.5 Å². The van der Waals surface area contributed by atoms with E-state index in [1.54, 1.807) is 0 Å². The summed E-state index contributed by atoms with van der Waals surface area (Å²) >= 11 is 0. The van der Waals surface area contributed by atoms with Crippen LogP contribution in [-0.2, 0) is 16.0 Å². The quantitative estimate of drug-likeness (QED) is 0.357. The molecule has 2 aromatic carbocycles. The highest BCUT2D eigenvalue weighted by Gasteiger charge is 2.23. The van der Waals surface area contributed by atoms with Gasteiger partial charge in [0.05, 0.1) is 18.8 Å². The number of carbonyl (C=O) groups is 2. The zero-order chi connectivity index (χ0) is 27.1. The maximum absolute atomic E-state index is 12.8. The van der Waals surface area contributed by atoms with Crippen molar-refractivity contribution < 1.29 is 9.59 Å². The molecule has 7 heteroatoms. The first-order valence-electron chi connectivity index (χ1n) is 13.8. The van der Waals surface area contributed by atoms with Crippen molar-refractivity contribution in [3.8, 4) is 5.69 Å². The van der Waals surface area contributed by atoms with Gasteiger partial charge in [-0.1, -0.05) is 50.2 Å². The van der Waals surface area contributed by atoms with Crippen molar-refractivity contribution in [1.82, 2.24) is 14.7 Å². The van der Waals surface area contributed by atoms with Crippen LogP contribution in [0.5, 0.6) is 0 Å². The number of ketones is 1. The van der Waals surface area contributed by atoms with Crippen LogP contribution in [0.1, 0.15) is 49.9 Å². The number of nitrogens with one attached hydrogen (secondary N) is 2. The molecule has 0 atom stereocenters. The first-order valence-corrected chi connectivity index (χ1v) is 13.8. The second-order valence-electron chi connectivity index (χ2n) is 11.0. The predicted molar refractivity (Wildman–Crippen MR) is 154 cm³/mol. The number of benzene rings is 2. The predicted octanol–water partition coefficient (Wildman–Crippen LogP) is 5.41. The summed E-state index contributed by atoms with van der Waals surface area (Å²) in [7, 11) is 0. The number of para-hydroxylation sites is 2. The van der Waals surface area contributed by atoms with Gasteiger partial charge < -0.3 is 10.6 Å². The van der Waals surface area contributed by atoms with Crippen LogP contribution in [0.2, 0.25) is 0 Å². The molecule has 3 aromatic rings. The molecule has 0 unspecified atom stereocenters. The molecule has 0 aliphatic carbocycles. The normalized spacial score (nSPS) is 14.6. The van der Waals surface area contributed by atoms with E-state index in [0.717, 1.165) is 66.4 Å². The van der Waals surface area contributed by atoms with Crippen molar-refractivity contribution in [3.63, 3.8) is 0 Å². The van der Waals surface area contributed by atoms with Crippen molar-refractivity contribution in [2.75, 3.05) is 36.8 Å². The Morgan fingerprint density at radius 2 is 1.68 bits per heavy atom. The fourth-order valence-electron chi connectivity index (χ4n) is 5.19. The molecule has 0 radical (unpaired) electrons. The van der Waals surface area contributed by atoms with Gasteiger partial charge in [-0.05, 0) is 81.3 Å². The highest BCUT2D eigenvalue weighted by molar-refractivity contribution is 5.93. The molecule has 2 N–H and O–H groups in total. The van der Waals surface area contributed by atoms with Crippen LogP contribution in [-0.4, -0.2) is 52.5 Å². The SMILES string of the molecule is Cc1cccc(C)c1NC(=O)CN1CCC(CC(=O)CNc2cc(CC(C)C)n(-c3ccccc3)n2)CC1. The van der Waals surface area contributed by atoms with E-state index in [2.05, 4.69) is 35.4 Å². The number of amides is 1. The Hall–Kier alpha value is -3.45. The monoisotopic (exact) mass is 515 g/mol. The first-order chi connectivity index (χ1) is 18.3. The number of hydrogen-bond donors (Lipinski definition) is 2. The van der Waals surface area contributed by atoms with Crippen molar-refractivity contribution in [2.24, 2.45) is 11.8 Å². The van der Waals surface area contributed by atoms with E-state index in [4.69, 9.17) is 5.10 Å². The van der Waals surface area contributed by atoms with Gasteiger partial charge in [-0.15, -0.1) is 0 Å². The van der Waals surface area contributed by atoms with Crippen LogP contribution in [0, 0.1) is 25.7 Å². The minimum atomic E-state index is 0.0212. The second kappa shape index (κ2) is 12.9. The lowest BCUT2D eigenvalue weighted by Crippen LogP contribution is -2.39. The van der Waals surface area contributed by atoms with Gasteiger partial charge in [-0.2, -0.15) is 5.10 Å². The second-order valence-corrected chi connectivity index (χ2v) is 11.0. The van der Waals surface area contributed by atoms with Crippen molar-refractivity contribution >= 4 is 23.2 Å². The van der Waals surface area contributed by atoms with Crippen LogP contribution in [0.3, 0.4) is 0 Å². The number of anilines is 2. The van der Waals surface area contributed by atoms with E-state index in [9.17, 15) is 9.59 Å². The van der Waals surface area contributed by atoms with Crippen LogP contribution < -0.4 is 10.6 Å². The molecule has 202 valence electrons. The van der Waals surface area contributed by atoms with Gasteiger partial charge in [-0.3, -0.25) is 14.5 Å². The smallest absolute Gasteiger partial charge is 0.238 e. The molecule has 1 aliphatic heterocycles. The molecular weight excluding hydrogens is 474 g/mol. The average Bonchev–Trinajstić information content (AvgIpc) is 3.29. The molecule has 0 bridgehead atoms. The Bertz CT molecular complexity index is 1210. The van der Waals surface area contributed by atoms with Crippen LogP contribution in [0.25, 0.3) is 5.69 Å². The summed E-state index contributed by atoms with van der Waals surface area (Å²) in [6, 6.07) is 18.2. The lowest BCUT2D eigenvalue weighted by Gasteiger charge is -2.31. The van der Waals surface area contributed by atoms with E-state index >= 15 is 0 Å². The summed E-state index contributed by atoms with van der Waals surface area (Å²) in [5.74, 6) is 1.83.